The van der Waals surface area contributed by atoms with E-state index in [-0.39, 0.29) is 0 Å². The zero-order chi connectivity index (χ0) is 8.55. The third kappa shape index (κ3) is 1.50. The average molecular weight is 166 g/mol. The van der Waals surface area contributed by atoms with Crippen molar-refractivity contribution in [1.29, 1.82) is 0 Å². The molecule has 0 unspecified atom stereocenters. The minimum Gasteiger partial charge on any atom is -0.364 e. The Morgan fingerprint density at radius 2 is 2.50 bits per heavy atom. The predicted molar refractivity (Wildman–Crippen MR) is 45.6 cm³/mol. The SMILES string of the molecule is Cc1nocc1CN[C@@H]1C[C@H]1C. The minimum absolute atomic E-state index is 0.722. The van der Waals surface area contributed by atoms with E-state index >= 15 is 0 Å². The normalized spacial score (nSPS) is 27.5. The lowest BCUT2D eigenvalue weighted by atomic mass is 10.2. The summed E-state index contributed by atoms with van der Waals surface area (Å²) in [7, 11) is 0. The second-order valence-corrected chi connectivity index (χ2v) is 3.63. The topological polar surface area (TPSA) is 38.1 Å². The number of nitrogens with zero attached hydrogens (tertiary/aromatic N) is 1. The van der Waals surface area contributed by atoms with E-state index in [9.17, 15) is 0 Å². The largest absolute Gasteiger partial charge is 0.364 e. The fourth-order valence-corrected chi connectivity index (χ4v) is 1.33. The Morgan fingerprint density at radius 1 is 1.75 bits per heavy atom. The molecule has 1 aromatic rings. The predicted octanol–water partition coefficient (Wildman–Crippen LogP) is 1.48. The molecule has 1 fully saturated rings. The molecule has 0 aliphatic heterocycles. The third-order valence-corrected chi connectivity index (χ3v) is 2.51. The average Bonchev–Trinajstić information content (AvgIpc) is 2.57. The molecular weight excluding hydrogens is 152 g/mol. The van der Waals surface area contributed by atoms with Crippen LogP contribution in [-0.2, 0) is 6.54 Å². The maximum Gasteiger partial charge on any atom is 0.128 e. The molecular formula is C9H14N2O. The summed E-state index contributed by atoms with van der Waals surface area (Å²) in [5.41, 5.74) is 2.17. The van der Waals surface area contributed by atoms with Crippen LogP contribution in [0.3, 0.4) is 0 Å². The van der Waals surface area contributed by atoms with Crippen molar-refractivity contribution in [2.45, 2.75) is 32.9 Å². The lowest BCUT2D eigenvalue weighted by Crippen LogP contribution is -2.17. The minimum atomic E-state index is 0.722. The summed E-state index contributed by atoms with van der Waals surface area (Å²) in [6, 6.07) is 0.722. The first-order valence-electron chi connectivity index (χ1n) is 4.40. The van der Waals surface area contributed by atoms with Crippen LogP contribution in [0.5, 0.6) is 0 Å². The zero-order valence-corrected chi connectivity index (χ0v) is 7.50. The van der Waals surface area contributed by atoms with Crippen molar-refractivity contribution in [3.8, 4) is 0 Å². The first-order chi connectivity index (χ1) is 5.77. The number of aryl methyl sites for hydroxylation is 1. The molecule has 1 saturated carbocycles. The summed E-state index contributed by atoms with van der Waals surface area (Å²) in [5.74, 6) is 0.852. The molecule has 2 rings (SSSR count). The van der Waals surface area contributed by atoms with Crippen LogP contribution in [0.25, 0.3) is 0 Å². The molecule has 0 saturated heterocycles. The molecule has 1 aliphatic rings. The van der Waals surface area contributed by atoms with E-state index in [1.165, 1.54) is 12.0 Å². The van der Waals surface area contributed by atoms with Gasteiger partial charge in [0, 0.05) is 18.2 Å². The number of nitrogens with one attached hydrogen (secondary N) is 1. The lowest BCUT2D eigenvalue weighted by molar-refractivity contribution is 0.414. The summed E-state index contributed by atoms with van der Waals surface area (Å²) in [4.78, 5) is 0. The van der Waals surface area contributed by atoms with Gasteiger partial charge in [-0.05, 0) is 19.3 Å². The van der Waals surface area contributed by atoms with Gasteiger partial charge in [-0.15, -0.1) is 0 Å². The van der Waals surface area contributed by atoms with E-state index in [4.69, 9.17) is 4.52 Å². The molecule has 3 heteroatoms. The highest BCUT2D eigenvalue weighted by molar-refractivity contribution is 5.12. The highest BCUT2D eigenvalue weighted by Crippen LogP contribution is 2.29. The molecule has 1 aliphatic carbocycles. The van der Waals surface area contributed by atoms with Gasteiger partial charge in [0.2, 0.25) is 0 Å². The molecule has 0 spiro atoms. The van der Waals surface area contributed by atoms with Gasteiger partial charge in [-0.1, -0.05) is 12.1 Å². The third-order valence-electron chi connectivity index (χ3n) is 2.51. The van der Waals surface area contributed by atoms with Crippen molar-refractivity contribution < 1.29 is 4.52 Å². The van der Waals surface area contributed by atoms with Crippen molar-refractivity contribution in [2.24, 2.45) is 5.92 Å². The molecule has 1 aromatic heterocycles. The van der Waals surface area contributed by atoms with Gasteiger partial charge < -0.3 is 9.84 Å². The van der Waals surface area contributed by atoms with Crippen molar-refractivity contribution in [2.75, 3.05) is 0 Å². The van der Waals surface area contributed by atoms with Crippen molar-refractivity contribution >= 4 is 0 Å². The summed E-state index contributed by atoms with van der Waals surface area (Å²) in [6.45, 7) is 5.12. The summed E-state index contributed by atoms with van der Waals surface area (Å²) >= 11 is 0. The van der Waals surface area contributed by atoms with Crippen molar-refractivity contribution in [3.63, 3.8) is 0 Å². The summed E-state index contributed by atoms with van der Waals surface area (Å²) in [5, 5.41) is 7.27. The van der Waals surface area contributed by atoms with E-state index in [0.29, 0.717) is 0 Å². The first-order valence-corrected chi connectivity index (χ1v) is 4.40. The highest BCUT2D eigenvalue weighted by Gasteiger charge is 2.31. The van der Waals surface area contributed by atoms with Gasteiger partial charge >= 0.3 is 0 Å². The Hall–Kier alpha value is -0.830. The second-order valence-electron chi connectivity index (χ2n) is 3.63. The fraction of sp³-hybridized carbons (Fsp3) is 0.667. The molecule has 2 atom stereocenters. The van der Waals surface area contributed by atoms with Crippen LogP contribution in [0.4, 0.5) is 0 Å². The van der Waals surface area contributed by atoms with Crippen molar-refractivity contribution in [1.82, 2.24) is 10.5 Å². The monoisotopic (exact) mass is 166 g/mol. The lowest BCUT2D eigenvalue weighted by Gasteiger charge is -1.99. The van der Waals surface area contributed by atoms with Gasteiger partial charge in [-0.2, -0.15) is 0 Å². The molecule has 0 aromatic carbocycles. The maximum atomic E-state index is 4.83. The Kier molecular flexibility index (Phi) is 1.89. The molecule has 3 nitrogen and oxygen atoms in total. The smallest absolute Gasteiger partial charge is 0.128 e. The number of aromatic nitrogens is 1. The maximum absolute atomic E-state index is 4.83. The summed E-state index contributed by atoms with van der Waals surface area (Å²) < 4.78 is 4.83. The quantitative estimate of drug-likeness (QED) is 0.739. The molecule has 0 bridgehead atoms. The Morgan fingerprint density at radius 3 is 3.00 bits per heavy atom. The van der Waals surface area contributed by atoms with Crippen LogP contribution in [-0.4, -0.2) is 11.2 Å². The van der Waals surface area contributed by atoms with Gasteiger partial charge in [0.05, 0.1) is 5.69 Å². The standard InChI is InChI=1S/C9H14N2O/c1-6-3-9(6)10-4-8-5-12-11-7(8)2/h5-6,9-10H,3-4H2,1-2H3/t6-,9-/m1/s1. The molecule has 1 heterocycles. The van der Waals surface area contributed by atoms with Gasteiger partial charge in [-0.25, -0.2) is 0 Å². The highest BCUT2D eigenvalue weighted by atomic mass is 16.5. The van der Waals surface area contributed by atoms with Gasteiger partial charge in [0.25, 0.3) is 0 Å². The second kappa shape index (κ2) is 2.90. The molecule has 0 radical (unpaired) electrons. The van der Waals surface area contributed by atoms with E-state index < -0.39 is 0 Å². The van der Waals surface area contributed by atoms with E-state index in [0.717, 1.165) is 24.2 Å². The van der Waals surface area contributed by atoms with Crippen LogP contribution in [0.1, 0.15) is 24.6 Å². The molecule has 66 valence electrons. The fourth-order valence-electron chi connectivity index (χ4n) is 1.33. The van der Waals surface area contributed by atoms with E-state index in [1.807, 2.05) is 6.92 Å². The van der Waals surface area contributed by atoms with Crippen LogP contribution < -0.4 is 5.32 Å². The zero-order valence-electron chi connectivity index (χ0n) is 7.50. The Balaban J connectivity index is 1.84. The van der Waals surface area contributed by atoms with Crippen LogP contribution in [0.15, 0.2) is 10.8 Å². The Labute approximate surface area is 72.1 Å². The van der Waals surface area contributed by atoms with Crippen LogP contribution >= 0.6 is 0 Å². The molecule has 1 N–H and O–H groups in total. The first kappa shape index (κ1) is 7.80. The number of hydrogen-bond acceptors (Lipinski definition) is 3. The summed E-state index contributed by atoms with van der Waals surface area (Å²) in [6.07, 6.45) is 3.03. The van der Waals surface area contributed by atoms with E-state index in [1.54, 1.807) is 6.26 Å². The molecule has 12 heavy (non-hydrogen) atoms. The number of rotatable bonds is 3. The van der Waals surface area contributed by atoms with E-state index in [2.05, 4.69) is 17.4 Å². The van der Waals surface area contributed by atoms with Crippen LogP contribution in [0, 0.1) is 12.8 Å². The molecule has 0 amide bonds. The Bertz CT molecular complexity index is 269. The van der Waals surface area contributed by atoms with Crippen molar-refractivity contribution in [3.05, 3.63) is 17.5 Å². The number of hydrogen-bond donors (Lipinski definition) is 1. The van der Waals surface area contributed by atoms with Gasteiger partial charge in [-0.3, -0.25) is 0 Å². The van der Waals surface area contributed by atoms with Gasteiger partial charge in [0.15, 0.2) is 0 Å². The van der Waals surface area contributed by atoms with Crippen LogP contribution in [0.2, 0.25) is 0 Å². The van der Waals surface area contributed by atoms with Gasteiger partial charge in [0.1, 0.15) is 6.26 Å².